The number of amides is 2. The Morgan fingerprint density at radius 1 is 1.16 bits per heavy atom. The first-order valence-corrected chi connectivity index (χ1v) is 13.8. The molecule has 3 atom stereocenters. The molecule has 1 aliphatic heterocycles. The number of Topliss-reactive ketones (excluding diaryl/α,β-unsaturated/α-hetero) is 1. The number of carbonyl (C=O) groups excluding carboxylic acids is 3. The van der Waals surface area contributed by atoms with Crippen molar-refractivity contribution in [3.63, 3.8) is 0 Å². The summed E-state index contributed by atoms with van der Waals surface area (Å²) in [5.74, 6) is -3.39. The third-order valence-electron chi connectivity index (χ3n) is 6.76. The van der Waals surface area contributed by atoms with E-state index in [1.807, 2.05) is 18.6 Å². The highest BCUT2D eigenvalue weighted by Crippen LogP contribution is 2.41. The third kappa shape index (κ3) is 8.16. The number of anilines is 1. The summed E-state index contributed by atoms with van der Waals surface area (Å²) in [6, 6.07) is 3.08. The third-order valence-corrected chi connectivity index (χ3v) is 8.02. The molecule has 3 N–H and O–H groups in total. The SMILES string of the molecule is CC[C@@H]1OCC(=O)C1NC(=O)[C@H](CC1(C)CCCC1)NC(=O)c1ccc(NS(=O)(=O)CC(F)(F)F)cc1. The minimum Gasteiger partial charge on any atom is -0.368 e. The summed E-state index contributed by atoms with van der Waals surface area (Å²) in [5, 5.41) is 5.45. The lowest BCUT2D eigenvalue weighted by Gasteiger charge is -2.30. The zero-order valence-corrected chi connectivity index (χ0v) is 21.5. The Morgan fingerprint density at radius 3 is 2.35 bits per heavy atom. The number of hydrogen-bond donors (Lipinski definition) is 3. The van der Waals surface area contributed by atoms with Crippen LogP contribution >= 0.6 is 0 Å². The average Bonchev–Trinajstić information content (AvgIpc) is 3.37. The van der Waals surface area contributed by atoms with Gasteiger partial charge in [0, 0.05) is 11.3 Å². The first-order valence-electron chi connectivity index (χ1n) is 12.1. The van der Waals surface area contributed by atoms with Crippen LogP contribution in [0.15, 0.2) is 24.3 Å². The number of sulfonamides is 1. The number of carbonyl (C=O) groups is 3. The van der Waals surface area contributed by atoms with Crippen molar-refractivity contribution in [3.8, 4) is 0 Å². The van der Waals surface area contributed by atoms with Crippen LogP contribution in [-0.2, 0) is 24.3 Å². The largest absolute Gasteiger partial charge is 0.404 e. The van der Waals surface area contributed by atoms with Crippen LogP contribution in [0, 0.1) is 5.41 Å². The van der Waals surface area contributed by atoms with Crippen LogP contribution in [0.5, 0.6) is 0 Å². The molecule has 0 radical (unpaired) electrons. The van der Waals surface area contributed by atoms with E-state index in [2.05, 4.69) is 10.6 Å². The average molecular weight is 548 g/mol. The second-order valence-electron chi connectivity index (χ2n) is 10.0. The number of ether oxygens (including phenoxy) is 1. The van der Waals surface area contributed by atoms with E-state index in [1.165, 1.54) is 12.1 Å². The van der Waals surface area contributed by atoms with E-state index in [0.29, 0.717) is 12.8 Å². The van der Waals surface area contributed by atoms with Crippen molar-refractivity contribution >= 4 is 33.3 Å². The maximum absolute atomic E-state index is 13.2. The Balaban J connectivity index is 1.71. The molecule has 1 saturated carbocycles. The van der Waals surface area contributed by atoms with E-state index in [4.69, 9.17) is 4.74 Å². The van der Waals surface area contributed by atoms with Gasteiger partial charge in [0.05, 0.1) is 6.10 Å². The van der Waals surface area contributed by atoms with Crippen molar-refractivity contribution in [3.05, 3.63) is 29.8 Å². The highest BCUT2D eigenvalue weighted by atomic mass is 32.2. The van der Waals surface area contributed by atoms with Gasteiger partial charge in [0.25, 0.3) is 5.91 Å². The minimum absolute atomic E-state index is 0.0832. The van der Waals surface area contributed by atoms with Crippen molar-refractivity contribution < 1.29 is 40.7 Å². The van der Waals surface area contributed by atoms with Crippen molar-refractivity contribution in [2.24, 2.45) is 5.41 Å². The van der Waals surface area contributed by atoms with Gasteiger partial charge < -0.3 is 15.4 Å². The smallest absolute Gasteiger partial charge is 0.368 e. The van der Waals surface area contributed by atoms with Gasteiger partial charge in [-0.2, -0.15) is 13.2 Å². The second kappa shape index (κ2) is 11.4. The molecule has 1 unspecified atom stereocenters. The van der Waals surface area contributed by atoms with Gasteiger partial charge in [0.1, 0.15) is 18.7 Å². The molecular formula is C24H32F3N3O6S. The molecule has 9 nitrogen and oxygen atoms in total. The van der Waals surface area contributed by atoms with Gasteiger partial charge in [-0.1, -0.05) is 26.7 Å². The monoisotopic (exact) mass is 547 g/mol. The summed E-state index contributed by atoms with van der Waals surface area (Å²) in [6.45, 7) is 3.80. The van der Waals surface area contributed by atoms with Crippen molar-refractivity contribution in [1.82, 2.24) is 10.6 Å². The van der Waals surface area contributed by atoms with E-state index >= 15 is 0 Å². The Morgan fingerprint density at radius 2 is 1.78 bits per heavy atom. The summed E-state index contributed by atoms with van der Waals surface area (Å²) < 4.78 is 67.9. The molecule has 13 heteroatoms. The molecule has 2 fully saturated rings. The first kappa shape index (κ1) is 28.9. The molecule has 2 aliphatic rings. The zero-order valence-electron chi connectivity index (χ0n) is 20.7. The topological polar surface area (TPSA) is 131 Å². The lowest BCUT2D eigenvalue weighted by Crippen LogP contribution is -2.54. The van der Waals surface area contributed by atoms with Gasteiger partial charge >= 0.3 is 6.18 Å². The van der Waals surface area contributed by atoms with Gasteiger partial charge in [0.2, 0.25) is 15.9 Å². The highest BCUT2D eigenvalue weighted by molar-refractivity contribution is 7.92. The summed E-state index contributed by atoms with van der Waals surface area (Å²) in [4.78, 5) is 38.4. The van der Waals surface area contributed by atoms with Gasteiger partial charge in [0.15, 0.2) is 11.5 Å². The maximum Gasteiger partial charge on any atom is 0.404 e. The van der Waals surface area contributed by atoms with Gasteiger partial charge in [-0.3, -0.25) is 19.1 Å². The number of ketones is 1. The molecule has 1 saturated heterocycles. The van der Waals surface area contributed by atoms with Gasteiger partial charge in [-0.05, 0) is 55.4 Å². The lowest BCUT2D eigenvalue weighted by molar-refractivity contribution is -0.128. The summed E-state index contributed by atoms with van der Waals surface area (Å²) >= 11 is 0. The van der Waals surface area contributed by atoms with Crippen LogP contribution in [0.3, 0.4) is 0 Å². The van der Waals surface area contributed by atoms with Crippen molar-refractivity contribution in [1.29, 1.82) is 0 Å². The number of halogens is 3. The fourth-order valence-electron chi connectivity index (χ4n) is 4.86. The van der Waals surface area contributed by atoms with Gasteiger partial charge in [-0.15, -0.1) is 0 Å². The van der Waals surface area contributed by atoms with Crippen LogP contribution in [0.2, 0.25) is 0 Å². The van der Waals surface area contributed by atoms with Crippen LogP contribution in [0.1, 0.15) is 62.7 Å². The molecule has 0 bridgehead atoms. The normalized spacial score (nSPS) is 22.5. The number of nitrogens with one attached hydrogen (secondary N) is 3. The first-order chi connectivity index (χ1) is 17.2. The standard InChI is InChI=1S/C24H32F3N3O6S/c1-3-19-20(18(31)13-36-19)29-22(33)17(12-23(2)10-4-5-11-23)28-21(32)15-6-8-16(9-7-15)30-37(34,35)14-24(25,26)27/h6-9,17,19-20,30H,3-5,10-14H2,1-2H3,(H,28,32)(H,29,33)/t17-,19-,20?/m0/s1. The van der Waals surface area contributed by atoms with Crippen LogP contribution in [-0.4, -0.2) is 62.7 Å². The van der Waals surface area contributed by atoms with Crippen molar-refractivity contribution in [2.45, 2.75) is 76.7 Å². The van der Waals surface area contributed by atoms with E-state index in [-0.39, 0.29) is 29.1 Å². The van der Waals surface area contributed by atoms with Crippen LogP contribution in [0.25, 0.3) is 0 Å². The molecule has 1 aliphatic carbocycles. The molecule has 37 heavy (non-hydrogen) atoms. The molecule has 0 spiro atoms. The number of hydrogen-bond acceptors (Lipinski definition) is 6. The quantitative estimate of drug-likeness (QED) is 0.413. The fourth-order valence-corrected chi connectivity index (χ4v) is 5.86. The predicted molar refractivity (Wildman–Crippen MR) is 129 cm³/mol. The predicted octanol–water partition coefficient (Wildman–Crippen LogP) is 2.92. The molecular weight excluding hydrogens is 515 g/mol. The van der Waals surface area contributed by atoms with Gasteiger partial charge in [-0.25, -0.2) is 8.42 Å². The lowest BCUT2D eigenvalue weighted by atomic mass is 9.81. The van der Waals surface area contributed by atoms with Crippen LogP contribution in [0.4, 0.5) is 18.9 Å². The highest BCUT2D eigenvalue weighted by Gasteiger charge is 2.40. The number of rotatable bonds is 10. The zero-order chi connectivity index (χ0) is 27.4. The van der Waals surface area contributed by atoms with E-state index in [0.717, 1.165) is 37.8 Å². The molecule has 2 amide bonds. The molecule has 206 valence electrons. The maximum atomic E-state index is 13.2. The summed E-state index contributed by atoms with van der Waals surface area (Å²) in [5.41, 5.74) is -0.227. The molecule has 1 aromatic carbocycles. The minimum atomic E-state index is -4.90. The molecule has 0 aromatic heterocycles. The summed E-state index contributed by atoms with van der Waals surface area (Å²) in [7, 11) is -4.67. The summed E-state index contributed by atoms with van der Waals surface area (Å²) in [6.07, 6.45) is -0.643. The Kier molecular flexibility index (Phi) is 8.89. The molecule has 3 rings (SSSR count). The Labute approximate surface area is 213 Å². The number of alkyl halides is 3. The number of benzene rings is 1. The molecule has 1 aromatic rings. The van der Waals surface area contributed by atoms with E-state index in [9.17, 15) is 36.0 Å². The van der Waals surface area contributed by atoms with E-state index < -0.39 is 52.0 Å². The Hall–Kier alpha value is -2.67. The molecule has 1 heterocycles. The fraction of sp³-hybridized carbons (Fsp3) is 0.625. The van der Waals surface area contributed by atoms with Crippen LogP contribution < -0.4 is 15.4 Å². The van der Waals surface area contributed by atoms with E-state index in [1.54, 1.807) is 0 Å². The van der Waals surface area contributed by atoms with Crippen molar-refractivity contribution in [2.75, 3.05) is 17.1 Å². The Bertz CT molecular complexity index is 1100. The second-order valence-corrected chi connectivity index (χ2v) is 11.7.